The zero-order chi connectivity index (χ0) is 10.3. The van der Waals surface area contributed by atoms with Gasteiger partial charge in [0.1, 0.15) is 17.5 Å². The highest BCUT2D eigenvalue weighted by Gasteiger charge is 2.24. The Hall–Kier alpha value is -1.65. The highest BCUT2D eigenvalue weighted by molar-refractivity contribution is 6.02. The molecule has 1 aliphatic heterocycles. The van der Waals surface area contributed by atoms with E-state index in [9.17, 15) is 13.6 Å². The van der Waals surface area contributed by atoms with E-state index in [4.69, 9.17) is 0 Å². The van der Waals surface area contributed by atoms with Crippen molar-refractivity contribution >= 4 is 17.3 Å². The summed E-state index contributed by atoms with van der Waals surface area (Å²) < 4.78 is 25.9. The lowest BCUT2D eigenvalue weighted by Crippen LogP contribution is -2.36. The minimum absolute atomic E-state index is 0.00880. The number of amides is 1. The first-order chi connectivity index (χ1) is 6.58. The minimum Gasteiger partial charge on any atom is -0.372 e. The van der Waals surface area contributed by atoms with E-state index in [0.29, 0.717) is 0 Å². The van der Waals surface area contributed by atoms with Crippen molar-refractivity contribution in [1.82, 2.24) is 0 Å². The molecule has 1 aromatic rings. The summed E-state index contributed by atoms with van der Waals surface area (Å²) in [6.45, 7) is 1.61. The first-order valence-electron chi connectivity index (χ1n) is 4.14. The summed E-state index contributed by atoms with van der Waals surface area (Å²) in [6, 6.07) is 1.40. The molecular weight excluding hydrogens is 190 g/mol. The molecular formula is C9H8F2N2O. The molecule has 1 aromatic carbocycles. The van der Waals surface area contributed by atoms with Crippen LogP contribution in [0.15, 0.2) is 12.1 Å². The predicted molar refractivity (Wildman–Crippen MR) is 48.1 cm³/mol. The number of hydrogen-bond donors (Lipinski definition) is 2. The van der Waals surface area contributed by atoms with Gasteiger partial charge < -0.3 is 10.6 Å². The summed E-state index contributed by atoms with van der Waals surface area (Å²) in [7, 11) is 0. The van der Waals surface area contributed by atoms with E-state index in [2.05, 4.69) is 10.6 Å². The molecule has 5 heteroatoms. The van der Waals surface area contributed by atoms with E-state index in [0.717, 1.165) is 12.1 Å². The lowest BCUT2D eigenvalue weighted by molar-refractivity contribution is -0.116. The molecule has 0 fully saturated rings. The zero-order valence-electron chi connectivity index (χ0n) is 7.40. The molecule has 1 heterocycles. The minimum atomic E-state index is -0.771. The van der Waals surface area contributed by atoms with Crippen LogP contribution >= 0.6 is 0 Å². The van der Waals surface area contributed by atoms with E-state index in [1.165, 1.54) is 0 Å². The van der Waals surface area contributed by atoms with Crippen molar-refractivity contribution in [3.05, 3.63) is 23.8 Å². The summed E-state index contributed by atoms with van der Waals surface area (Å²) in [5, 5.41) is 5.06. The second kappa shape index (κ2) is 2.94. The van der Waals surface area contributed by atoms with Crippen LogP contribution in [0.1, 0.15) is 6.92 Å². The number of rotatable bonds is 0. The summed E-state index contributed by atoms with van der Waals surface area (Å²) in [4.78, 5) is 11.2. The quantitative estimate of drug-likeness (QED) is 0.666. The number of carbonyl (C=O) groups excluding carboxylic acids is 1. The number of nitrogens with one attached hydrogen (secondary N) is 2. The summed E-state index contributed by atoms with van der Waals surface area (Å²) in [6.07, 6.45) is 0. The molecule has 0 aromatic heterocycles. The van der Waals surface area contributed by atoms with Crippen LogP contribution in [0.4, 0.5) is 20.2 Å². The number of benzene rings is 1. The van der Waals surface area contributed by atoms with Crippen LogP contribution in [-0.2, 0) is 4.79 Å². The standard InChI is InChI=1S/C9H8F2N2O/c1-4-9(14)13-8-6(11)2-5(10)3-7(8)12-4/h2-4,12H,1H3,(H,13,14). The number of halogens is 2. The van der Waals surface area contributed by atoms with Crippen molar-refractivity contribution in [1.29, 1.82) is 0 Å². The maximum Gasteiger partial charge on any atom is 0.246 e. The van der Waals surface area contributed by atoms with E-state index in [1.807, 2.05) is 0 Å². The van der Waals surface area contributed by atoms with Crippen LogP contribution in [0.5, 0.6) is 0 Å². The topological polar surface area (TPSA) is 41.1 Å². The fourth-order valence-corrected chi connectivity index (χ4v) is 1.34. The zero-order valence-corrected chi connectivity index (χ0v) is 7.40. The van der Waals surface area contributed by atoms with Crippen molar-refractivity contribution in [3.63, 3.8) is 0 Å². The number of hydrogen-bond acceptors (Lipinski definition) is 2. The Morgan fingerprint density at radius 2 is 2.07 bits per heavy atom. The lowest BCUT2D eigenvalue weighted by Gasteiger charge is -2.24. The van der Waals surface area contributed by atoms with Crippen LogP contribution in [0.3, 0.4) is 0 Å². The molecule has 0 aliphatic carbocycles. The SMILES string of the molecule is CC1Nc2cc(F)cc(F)c2NC1=O. The maximum atomic E-state index is 13.1. The van der Waals surface area contributed by atoms with E-state index in [-0.39, 0.29) is 17.3 Å². The molecule has 74 valence electrons. The van der Waals surface area contributed by atoms with Crippen molar-refractivity contribution < 1.29 is 13.6 Å². The van der Waals surface area contributed by atoms with Crippen LogP contribution in [-0.4, -0.2) is 11.9 Å². The smallest absolute Gasteiger partial charge is 0.246 e. The van der Waals surface area contributed by atoms with Gasteiger partial charge in [0.05, 0.1) is 5.69 Å². The Bertz CT molecular complexity index is 406. The van der Waals surface area contributed by atoms with Crippen molar-refractivity contribution in [2.75, 3.05) is 10.6 Å². The van der Waals surface area contributed by atoms with Crippen LogP contribution in [0, 0.1) is 11.6 Å². The highest BCUT2D eigenvalue weighted by atomic mass is 19.1. The van der Waals surface area contributed by atoms with Crippen molar-refractivity contribution in [2.45, 2.75) is 13.0 Å². The molecule has 14 heavy (non-hydrogen) atoms. The van der Waals surface area contributed by atoms with Gasteiger partial charge >= 0.3 is 0 Å². The van der Waals surface area contributed by atoms with Gasteiger partial charge in [-0.2, -0.15) is 0 Å². The summed E-state index contributed by atoms with van der Waals surface area (Å²) >= 11 is 0. The number of carbonyl (C=O) groups is 1. The molecule has 1 unspecified atom stereocenters. The first kappa shape index (κ1) is 8.93. The van der Waals surface area contributed by atoms with Gasteiger partial charge in [0.15, 0.2) is 5.82 Å². The monoisotopic (exact) mass is 198 g/mol. The van der Waals surface area contributed by atoms with E-state index >= 15 is 0 Å². The van der Waals surface area contributed by atoms with E-state index < -0.39 is 17.7 Å². The first-order valence-corrected chi connectivity index (χ1v) is 4.14. The summed E-state index contributed by atoms with van der Waals surface area (Å²) in [5.41, 5.74) is 0.282. The van der Waals surface area contributed by atoms with Crippen LogP contribution in [0.2, 0.25) is 0 Å². The largest absolute Gasteiger partial charge is 0.372 e. The van der Waals surface area contributed by atoms with Crippen LogP contribution in [0.25, 0.3) is 0 Å². The molecule has 1 aliphatic rings. The Morgan fingerprint density at radius 1 is 1.36 bits per heavy atom. The van der Waals surface area contributed by atoms with Crippen LogP contribution < -0.4 is 10.6 Å². The van der Waals surface area contributed by atoms with Gasteiger partial charge in [0, 0.05) is 6.07 Å². The molecule has 0 saturated carbocycles. The average molecular weight is 198 g/mol. The molecule has 0 bridgehead atoms. The van der Waals surface area contributed by atoms with Gasteiger partial charge in [-0.1, -0.05) is 0 Å². The third kappa shape index (κ3) is 1.30. The average Bonchev–Trinajstić information content (AvgIpc) is 2.08. The molecule has 0 spiro atoms. The Kier molecular flexibility index (Phi) is 1.87. The molecule has 1 amide bonds. The Labute approximate surface area is 79.1 Å². The second-order valence-corrected chi connectivity index (χ2v) is 3.17. The normalized spacial score (nSPS) is 19.6. The van der Waals surface area contributed by atoms with Gasteiger partial charge in [-0.25, -0.2) is 8.78 Å². The fourth-order valence-electron chi connectivity index (χ4n) is 1.34. The second-order valence-electron chi connectivity index (χ2n) is 3.17. The Balaban J connectivity index is 2.51. The fraction of sp³-hybridized carbons (Fsp3) is 0.222. The van der Waals surface area contributed by atoms with Gasteiger partial charge in [-0.3, -0.25) is 4.79 Å². The highest BCUT2D eigenvalue weighted by Crippen LogP contribution is 2.30. The van der Waals surface area contributed by atoms with Gasteiger partial charge in [0.2, 0.25) is 5.91 Å². The van der Waals surface area contributed by atoms with Crippen molar-refractivity contribution in [3.8, 4) is 0 Å². The van der Waals surface area contributed by atoms with Gasteiger partial charge in [-0.15, -0.1) is 0 Å². The number of anilines is 2. The number of fused-ring (bicyclic) bond motifs is 1. The Morgan fingerprint density at radius 3 is 2.79 bits per heavy atom. The molecule has 3 nitrogen and oxygen atoms in total. The van der Waals surface area contributed by atoms with Gasteiger partial charge in [-0.05, 0) is 13.0 Å². The third-order valence-corrected chi connectivity index (χ3v) is 2.07. The maximum absolute atomic E-state index is 13.1. The summed E-state index contributed by atoms with van der Waals surface area (Å²) in [5.74, 6) is -1.77. The third-order valence-electron chi connectivity index (χ3n) is 2.07. The molecule has 1 atom stereocenters. The lowest BCUT2D eigenvalue weighted by atomic mass is 10.1. The predicted octanol–water partition coefficient (Wildman–Crippen LogP) is 1.72. The van der Waals surface area contributed by atoms with Crippen molar-refractivity contribution in [2.24, 2.45) is 0 Å². The van der Waals surface area contributed by atoms with E-state index in [1.54, 1.807) is 6.92 Å². The molecule has 2 N–H and O–H groups in total. The molecule has 0 radical (unpaired) electrons. The molecule has 2 rings (SSSR count). The molecule has 0 saturated heterocycles. The van der Waals surface area contributed by atoms with Gasteiger partial charge in [0.25, 0.3) is 0 Å².